The van der Waals surface area contributed by atoms with Crippen LogP contribution in [0.3, 0.4) is 0 Å². The van der Waals surface area contributed by atoms with Crippen molar-refractivity contribution in [2.75, 3.05) is 0 Å². The maximum absolute atomic E-state index is 13.0. The first-order valence-electron chi connectivity index (χ1n) is 7.09. The molecule has 3 aromatic rings. The number of hydrogen-bond donors (Lipinski definition) is 0. The summed E-state index contributed by atoms with van der Waals surface area (Å²) in [5.74, 6) is -1.07. The quantitative estimate of drug-likeness (QED) is 0.681. The van der Waals surface area contributed by atoms with Crippen molar-refractivity contribution in [3.8, 4) is 0 Å². The molecule has 122 valence electrons. The van der Waals surface area contributed by atoms with Crippen LogP contribution >= 0.6 is 11.6 Å². The normalized spacial score (nSPS) is 10.8. The summed E-state index contributed by atoms with van der Waals surface area (Å²) in [4.78, 5) is 28.0. The number of aromatic nitrogens is 2. The minimum Gasteiger partial charge on any atom is -0.459 e. The number of para-hydroxylation sites is 2. The number of benzene rings is 2. The molecule has 0 aliphatic rings. The first-order valence-corrected chi connectivity index (χ1v) is 7.46. The third kappa shape index (κ3) is 3.44. The van der Waals surface area contributed by atoms with Crippen LogP contribution < -0.4 is 5.56 Å². The highest BCUT2D eigenvalue weighted by Crippen LogP contribution is 2.18. The molecule has 0 saturated carbocycles. The second-order valence-corrected chi connectivity index (χ2v) is 5.47. The second-order valence-electron chi connectivity index (χ2n) is 5.07. The van der Waals surface area contributed by atoms with E-state index in [1.54, 1.807) is 24.3 Å². The Morgan fingerprint density at radius 1 is 1.25 bits per heavy atom. The van der Waals surface area contributed by atoms with E-state index >= 15 is 0 Å². The molecule has 7 heteroatoms. The molecule has 3 rings (SSSR count). The molecule has 0 radical (unpaired) electrons. The molecule has 0 aliphatic carbocycles. The molecule has 24 heavy (non-hydrogen) atoms. The lowest BCUT2D eigenvalue weighted by atomic mass is 10.2. The lowest BCUT2D eigenvalue weighted by molar-refractivity contribution is -0.145. The van der Waals surface area contributed by atoms with Crippen molar-refractivity contribution in [3.63, 3.8) is 0 Å². The molecular formula is C17H12ClFN2O3. The summed E-state index contributed by atoms with van der Waals surface area (Å²) in [6, 6.07) is 10.8. The maximum Gasteiger partial charge on any atom is 0.326 e. The minimum atomic E-state index is -0.603. The Bertz CT molecular complexity index is 971. The van der Waals surface area contributed by atoms with Crippen molar-refractivity contribution in [2.45, 2.75) is 13.2 Å². The van der Waals surface area contributed by atoms with Crippen LogP contribution in [0.1, 0.15) is 5.56 Å². The van der Waals surface area contributed by atoms with Crippen molar-refractivity contribution in [3.05, 3.63) is 75.4 Å². The molecule has 0 fully saturated rings. The van der Waals surface area contributed by atoms with Gasteiger partial charge in [-0.25, -0.2) is 9.37 Å². The van der Waals surface area contributed by atoms with Gasteiger partial charge < -0.3 is 4.74 Å². The summed E-state index contributed by atoms with van der Waals surface area (Å²) < 4.78 is 19.4. The van der Waals surface area contributed by atoms with Crippen molar-refractivity contribution in [2.24, 2.45) is 0 Å². The summed E-state index contributed by atoms with van der Waals surface area (Å²) in [7, 11) is 0. The SMILES string of the molecule is O=C(Cn1c(=O)cnc2ccccc21)OCc1ccc(F)cc1Cl. The molecule has 0 bridgehead atoms. The van der Waals surface area contributed by atoms with E-state index in [9.17, 15) is 14.0 Å². The molecule has 0 amide bonds. The Morgan fingerprint density at radius 2 is 2.04 bits per heavy atom. The van der Waals surface area contributed by atoms with Crippen molar-refractivity contribution >= 4 is 28.6 Å². The first kappa shape index (κ1) is 16.1. The number of hydrogen-bond acceptors (Lipinski definition) is 4. The van der Waals surface area contributed by atoms with Gasteiger partial charge in [0, 0.05) is 5.56 Å². The van der Waals surface area contributed by atoms with Crippen molar-refractivity contribution in [1.29, 1.82) is 0 Å². The zero-order valence-electron chi connectivity index (χ0n) is 12.4. The monoisotopic (exact) mass is 346 g/mol. The molecule has 0 aliphatic heterocycles. The maximum atomic E-state index is 13.0. The highest BCUT2D eigenvalue weighted by Gasteiger charge is 2.11. The lowest BCUT2D eigenvalue weighted by Gasteiger charge is -2.10. The van der Waals surface area contributed by atoms with Crippen LogP contribution in [0.5, 0.6) is 0 Å². The summed E-state index contributed by atoms with van der Waals surface area (Å²) >= 11 is 5.88. The van der Waals surface area contributed by atoms with E-state index in [2.05, 4.69) is 4.98 Å². The van der Waals surface area contributed by atoms with Crippen LogP contribution in [0.15, 0.2) is 53.5 Å². The zero-order chi connectivity index (χ0) is 17.1. The fourth-order valence-corrected chi connectivity index (χ4v) is 2.47. The van der Waals surface area contributed by atoms with Crippen LogP contribution in [0.2, 0.25) is 5.02 Å². The zero-order valence-corrected chi connectivity index (χ0v) is 13.2. The van der Waals surface area contributed by atoms with E-state index in [4.69, 9.17) is 16.3 Å². The molecule has 0 unspecified atom stereocenters. The van der Waals surface area contributed by atoms with Gasteiger partial charge in [-0.1, -0.05) is 29.8 Å². The van der Waals surface area contributed by atoms with Gasteiger partial charge in [0.25, 0.3) is 5.56 Å². The van der Waals surface area contributed by atoms with Gasteiger partial charge in [-0.2, -0.15) is 0 Å². The predicted octanol–water partition coefficient (Wildman–Crippen LogP) is 2.93. The highest BCUT2D eigenvalue weighted by atomic mass is 35.5. The minimum absolute atomic E-state index is 0.101. The Kier molecular flexibility index (Phi) is 4.57. The van der Waals surface area contributed by atoms with Gasteiger partial charge in [0.15, 0.2) is 0 Å². The Labute approximate surface area is 141 Å². The van der Waals surface area contributed by atoms with Gasteiger partial charge >= 0.3 is 5.97 Å². The molecule has 0 saturated heterocycles. The van der Waals surface area contributed by atoms with Gasteiger partial charge in [0.2, 0.25) is 0 Å². The third-order valence-corrected chi connectivity index (χ3v) is 3.80. The Morgan fingerprint density at radius 3 is 2.83 bits per heavy atom. The average Bonchev–Trinajstić information content (AvgIpc) is 2.57. The van der Waals surface area contributed by atoms with Crippen LogP contribution in [0, 0.1) is 5.82 Å². The van der Waals surface area contributed by atoms with Crippen molar-refractivity contribution in [1.82, 2.24) is 9.55 Å². The number of fused-ring (bicyclic) bond motifs is 1. The first-order chi connectivity index (χ1) is 11.5. The van der Waals surface area contributed by atoms with E-state index in [-0.39, 0.29) is 18.2 Å². The highest BCUT2D eigenvalue weighted by molar-refractivity contribution is 6.31. The fourth-order valence-electron chi connectivity index (χ4n) is 2.25. The van der Waals surface area contributed by atoms with Crippen LogP contribution in [-0.2, 0) is 22.7 Å². The fraction of sp³-hybridized carbons (Fsp3) is 0.118. The van der Waals surface area contributed by atoms with Crippen LogP contribution in [0.4, 0.5) is 4.39 Å². The number of rotatable bonds is 4. The number of carbonyl (C=O) groups excluding carboxylic acids is 1. The van der Waals surface area contributed by atoms with E-state index in [0.29, 0.717) is 16.6 Å². The summed E-state index contributed by atoms with van der Waals surface area (Å²) in [6.45, 7) is -0.351. The molecule has 1 heterocycles. The standard InChI is InChI=1S/C17H12ClFN2O3/c18-13-7-12(19)6-5-11(13)10-24-17(23)9-21-15-4-2-1-3-14(15)20-8-16(21)22/h1-8H,9-10H2. The molecule has 1 aromatic heterocycles. The number of nitrogens with zero attached hydrogens (tertiary/aromatic N) is 2. The summed E-state index contributed by atoms with van der Waals surface area (Å²) in [5.41, 5.74) is 1.23. The summed E-state index contributed by atoms with van der Waals surface area (Å²) in [6.07, 6.45) is 1.16. The van der Waals surface area contributed by atoms with E-state index in [0.717, 1.165) is 12.3 Å². The Balaban J connectivity index is 1.76. The van der Waals surface area contributed by atoms with Crippen molar-refractivity contribution < 1.29 is 13.9 Å². The molecule has 0 spiro atoms. The topological polar surface area (TPSA) is 61.2 Å². The van der Waals surface area contributed by atoms with Gasteiger partial charge in [-0.3, -0.25) is 14.2 Å². The van der Waals surface area contributed by atoms with E-state index < -0.39 is 17.3 Å². The molecular weight excluding hydrogens is 335 g/mol. The number of carbonyl (C=O) groups is 1. The van der Waals surface area contributed by atoms with Gasteiger partial charge in [-0.15, -0.1) is 0 Å². The number of halogens is 2. The number of esters is 1. The van der Waals surface area contributed by atoms with Crippen LogP contribution in [0.25, 0.3) is 11.0 Å². The third-order valence-electron chi connectivity index (χ3n) is 3.44. The molecule has 0 atom stereocenters. The number of ether oxygens (including phenoxy) is 1. The van der Waals surface area contributed by atoms with E-state index in [1.807, 2.05) is 0 Å². The smallest absolute Gasteiger partial charge is 0.326 e. The Hall–Kier alpha value is -2.73. The largest absolute Gasteiger partial charge is 0.459 e. The van der Waals surface area contributed by atoms with Gasteiger partial charge in [0.1, 0.15) is 19.0 Å². The van der Waals surface area contributed by atoms with Gasteiger partial charge in [-0.05, 0) is 24.3 Å². The molecule has 0 N–H and O–H groups in total. The molecule has 5 nitrogen and oxygen atoms in total. The lowest BCUT2D eigenvalue weighted by Crippen LogP contribution is -2.25. The van der Waals surface area contributed by atoms with Crippen LogP contribution in [-0.4, -0.2) is 15.5 Å². The molecule has 2 aromatic carbocycles. The van der Waals surface area contributed by atoms with E-state index in [1.165, 1.54) is 16.7 Å². The average molecular weight is 347 g/mol. The predicted molar refractivity (Wildman–Crippen MR) is 87.2 cm³/mol. The van der Waals surface area contributed by atoms with Gasteiger partial charge in [0.05, 0.1) is 22.3 Å². The summed E-state index contributed by atoms with van der Waals surface area (Å²) in [5, 5.41) is 0.175. The second kappa shape index (κ2) is 6.80.